The Hall–Kier alpha value is -3.36. The molecular formula is C30H43N5O4. The van der Waals surface area contributed by atoms with E-state index in [-0.39, 0.29) is 17.7 Å². The standard InChI is InChI=1S/C30H43N5O4/c1-4-26(33-37)14-17-31-29(36)25-10-8-24(9-11-25)23-6-5-7-27(13-12-23)38-20-22-15-18-35(19-16-22)30-32-28(21(2)3)34-39-30/h6-8,12-13,21-22,25,37H,4-5,9-11,14-20H2,1-3H3,(H,31,36)/b33-26-. The monoisotopic (exact) mass is 537 g/mol. The summed E-state index contributed by atoms with van der Waals surface area (Å²) in [6.45, 7) is 9.10. The number of oxime groups is 1. The first-order chi connectivity index (χ1) is 19.0. The maximum atomic E-state index is 12.5. The van der Waals surface area contributed by atoms with Gasteiger partial charge in [-0.2, -0.15) is 4.98 Å². The lowest BCUT2D eigenvalue weighted by molar-refractivity contribution is -0.125. The van der Waals surface area contributed by atoms with Crippen molar-refractivity contribution < 1.29 is 19.3 Å². The van der Waals surface area contributed by atoms with Gasteiger partial charge in [0.15, 0.2) is 5.82 Å². The summed E-state index contributed by atoms with van der Waals surface area (Å²) in [5.74, 6) is 2.55. The Bertz CT molecular complexity index is 1120. The predicted octanol–water partition coefficient (Wildman–Crippen LogP) is 5.67. The molecule has 2 heterocycles. The molecule has 1 unspecified atom stereocenters. The molecule has 9 heteroatoms. The van der Waals surface area contributed by atoms with Crippen molar-refractivity contribution in [3.05, 3.63) is 53.1 Å². The van der Waals surface area contributed by atoms with Gasteiger partial charge >= 0.3 is 6.01 Å². The molecule has 1 atom stereocenters. The van der Waals surface area contributed by atoms with E-state index >= 15 is 0 Å². The van der Waals surface area contributed by atoms with E-state index in [1.54, 1.807) is 0 Å². The van der Waals surface area contributed by atoms with E-state index in [2.05, 4.69) is 69.7 Å². The van der Waals surface area contributed by atoms with Crippen molar-refractivity contribution in [2.45, 2.75) is 78.1 Å². The number of allylic oxidation sites excluding steroid dienone is 7. The molecule has 0 bridgehead atoms. The first-order valence-electron chi connectivity index (χ1n) is 14.4. The minimum absolute atomic E-state index is 0.000715. The van der Waals surface area contributed by atoms with Crippen LogP contribution >= 0.6 is 0 Å². The molecule has 1 aliphatic heterocycles. The van der Waals surface area contributed by atoms with E-state index in [4.69, 9.17) is 14.5 Å². The molecule has 0 radical (unpaired) electrons. The summed E-state index contributed by atoms with van der Waals surface area (Å²) >= 11 is 0. The quantitative estimate of drug-likeness (QED) is 0.212. The average Bonchev–Trinajstić information content (AvgIpc) is 3.35. The van der Waals surface area contributed by atoms with Crippen LogP contribution in [-0.4, -0.2) is 53.2 Å². The summed E-state index contributed by atoms with van der Waals surface area (Å²) in [6, 6.07) is 0.633. The molecule has 1 fully saturated rings. The maximum Gasteiger partial charge on any atom is 0.324 e. The number of amides is 1. The molecule has 1 saturated heterocycles. The van der Waals surface area contributed by atoms with Gasteiger partial charge in [0.25, 0.3) is 0 Å². The third-order valence-corrected chi connectivity index (χ3v) is 7.82. The van der Waals surface area contributed by atoms with E-state index in [0.29, 0.717) is 43.6 Å². The molecule has 1 amide bonds. The summed E-state index contributed by atoms with van der Waals surface area (Å²) in [5, 5.41) is 19.3. The SMILES string of the molecule is CC/C(CCNC(=O)C1CC=C(C2=CCC=C(OCC3CCN(c4nc(C(C)C)no4)CC3)C=C2)CC1)=N/O. The fraction of sp³-hybridized carbons (Fsp3) is 0.600. The lowest BCUT2D eigenvalue weighted by Crippen LogP contribution is -2.35. The zero-order valence-corrected chi connectivity index (χ0v) is 23.6. The van der Waals surface area contributed by atoms with Crippen LogP contribution in [0.1, 0.15) is 83.9 Å². The van der Waals surface area contributed by atoms with E-state index in [1.165, 1.54) is 11.1 Å². The van der Waals surface area contributed by atoms with Crippen molar-refractivity contribution in [1.82, 2.24) is 15.5 Å². The average molecular weight is 538 g/mol. The van der Waals surface area contributed by atoms with Gasteiger partial charge < -0.3 is 24.7 Å². The van der Waals surface area contributed by atoms with Crippen LogP contribution in [0.5, 0.6) is 0 Å². The fourth-order valence-electron chi connectivity index (χ4n) is 5.16. The van der Waals surface area contributed by atoms with Crippen LogP contribution in [-0.2, 0) is 9.53 Å². The van der Waals surface area contributed by atoms with Gasteiger partial charge in [0.05, 0.1) is 12.3 Å². The van der Waals surface area contributed by atoms with Crippen molar-refractivity contribution in [3.8, 4) is 0 Å². The molecule has 212 valence electrons. The van der Waals surface area contributed by atoms with Crippen LogP contribution in [0.4, 0.5) is 6.01 Å². The second kappa shape index (κ2) is 14.1. The van der Waals surface area contributed by atoms with Crippen molar-refractivity contribution in [2.75, 3.05) is 31.1 Å². The summed E-state index contributed by atoms with van der Waals surface area (Å²) in [6.07, 6.45) is 17.5. The van der Waals surface area contributed by atoms with Gasteiger partial charge in [-0.1, -0.05) is 49.3 Å². The molecule has 1 aromatic heterocycles. The topological polar surface area (TPSA) is 113 Å². The third kappa shape index (κ3) is 8.07. The van der Waals surface area contributed by atoms with Gasteiger partial charge in [0, 0.05) is 37.9 Å². The number of nitrogens with one attached hydrogen (secondary N) is 1. The minimum atomic E-state index is 0.000715. The first kappa shape index (κ1) is 28.6. The Morgan fingerprint density at radius 3 is 2.72 bits per heavy atom. The molecule has 0 aromatic carbocycles. The van der Waals surface area contributed by atoms with Gasteiger partial charge in [0.1, 0.15) is 5.76 Å². The van der Waals surface area contributed by atoms with Crippen LogP contribution in [0.15, 0.2) is 57.0 Å². The molecule has 2 N–H and O–H groups in total. The molecule has 3 aliphatic rings. The molecule has 0 spiro atoms. The second-order valence-corrected chi connectivity index (χ2v) is 10.9. The highest BCUT2D eigenvalue weighted by atomic mass is 16.5. The number of aromatic nitrogens is 2. The number of carbonyl (C=O) groups excluding carboxylic acids is 1. The number of carbonyl (C=O) groups is 1. The Balaban J connectivity index is 1.18. The van der Waals surface area contributed by atoms with Crippen LogP contribution in [0.3, 0.4) is 0 Å². The summed E-state index contributed by atoms with van der Waals surface area (Å²) in [4.78, 5) is 19.2. The Morgan fingerprint density at radius 2 is 2.05 bits per heavy atom. The van der Waals surface area contributed by atoms with E-state index in [0.717, 1.165) is 63.2 Å². The Morgan fingerprint density at radius 1 is 1.23 bits per heavy atom. The van der Waals surface area contributed by atoms with Crippen molar-refractivity contribution in [2.24, 2.45) is 17.0 Å². The van der Waals surface area contributed by atoms with Crippen molar-refractivity contribution in [1.29, 1.82) is 0 Å². The summed E-state index contributed by atoms with van der Waals surface area (Å²) in [5.41, 5.74) is 3.24. The third-order valence-electron chi connectivity index (χ3n) is 7.82. The largest absolute Gasteiger partial charge is 0.494 e. The van der Waals surface area contributed by atoms with E-state index in [1.807, 2.05) is 6.92 Å². The van der Waals surface area contributed by atoms with Crippen molar-refractivity contribution in [3.63, 3.8) is 0 Å². The first-order valence-corrected chi connectivity index (χ1v) is 14.4. The van der Waals surface area contributed by atoms with Crippen LogP contribution in [0.25, 0.3) is 0 Å². The number of rotatable bonds is 11. The molecule has 9 nitrogen and oxygen atoms in total. The van der Waals surface area contributed by atoms with Gasteiger partial charge in [-0.05, 0) is 74.2 Å². The predicted molar refractivity (Wildman–Crippen MR) is 152 cm³/mol. The number of nitrogens with zero attached hydrogens (tertiary/aromatic N) is 4. The van der Waals surface area contributed by atoms with Crippen LogP contribution < -0.4 is 10.2 Å². The highest BCUT2D eigenvalue weighted by Crippen LogP contribution is 2.31. The Labute approximate surface area is 231 Å². The van der Waals surface area contributed by atoms with Gasteiger partial charge in [-0.15, -0.1) is 0 Å². The van der Waals surface area contributed by atoms with Gasteiger partial charge in [0.2, 0.25) is 5.91 Å². The van der Waals surface area contributed by atoms with Crippen LogP contribution in [0.2, 0.25) is 0 Å². The highest BCUT2D eigenvalue weighted by molar-refractivity contribution is 5.85. The minimum Gasteiger partial charge on any atom is -0.494 e. The molecular weight excluding hydrogens is 494 g/mol. The van der Waals surface area contributed by atoms with Crippen LogP contribution in [0, 0.1) is 11.8 Å². The van der Waals surface area contributed by atoms with Gasteiger partial charge in [-0.3, -0.25) is 4.79 Å². The smallest absolute Gasteiger partial charge is 0.324 e. The lowest BCUT2D eigenvalue weighted by atomic mass is 9.85. The van der Waals surface area contributed by atoms with Gasteiger partial charge in [-0.25, -0.2) is 0 Å². The number of hydrogen-bond acceptors (Lipinski definition) is 8. The van der Waals surface area contributed by atoms with Crippen molar-refractivity contribution >= 4 is 17.6 Å². The summed E-state index contributed by atoms with van der Waals surface area (Å²) in [7, 11) is 0. The maximum absolute atomic E-state index is 12.5. The van der Waals surface area contributed by atoms with E-state index in [9.17, 15) is 4.79 Å². The fourth-order valence-corrected chi connectivity index (χ4v) is 5.16. The zero-order chi connectivity index (χ0) is 27.6. The Kier molecular flexibility index (Phi) is 10.4. The van der Waals surface area contributed by atoms with E-state index < -0.39 is 0 Å². The molecule has 0 saturated carbocycles. The number of hydrogen-bond donors (Lipinski definition) is 2. The lowest BCUT2D eigenvalue weighted by Gasteiger charge is -2.30. The molecule has 39 heavy (non-hydrogen) atoms. The molecule has 1 aromatic rings. The number of anilines is 1. The second-order valence-electron chi connectivity index (χ2n) is 10.9. The normalized spacial score (nSPS) is 20.8. The molecule has 4 rings (SSSR count). The zero-order valence-electron chi connectivity index (χ0n) is 23.6. The number of piperidine rings is 1. The summed E-state index contributed by atoms with van der Waals surface area (Å²) < 4.78 is 11.7. The highest BCUT2D eigenvalue weighted by Gasteiger charge is 2.25. The molecule has 2 aliphatic carbocycles. The number of ether oxygens (including phenoxy) is 1.